The first-order valence-electron chi connectivity index (χ1n) is 8.44. The molecule has 1 aliphatic heterocycles. The van der Waals surface area contributed by atoms with E-state index in [-0.39, 0.29) is 12.4 Å². The van der Waals surface area contributed by atoms with Gasteiger partial charge < -0.3 is 18.1 Å². The third-order valence-electron chi connectivity index (χ3n) is 4.29. The van der Waals surface area contributed by atoms with Crippen molar-refractivity contribution in [3.63, 3.8) is 0 Å². The van der Waals surface area contributed by atoms with E-state index >= 15 is 0 Å². The number of nitrogens with two attached hydrogens (primary N) is 2. The zero-order valence-corrected chi connectivity index (χ0v) is 16.2. The normalized spacial score (nSPS) is 15.9. The molecule has 0 saturated carbocycles. The van der Waals surface area contributed by atoms with Gasteiger partial charge in [0.2, 0.25) is 0 Å². The second-order valence-corrected chi connectivity index (χ2v) is 7.27. The van der Waals surface area contributed by atoms with Gasteiger partial charge in [0.1, 0.15) is 0 Å². The molecule has 4 heteroatoms. The molecule has 2 aromatic carbocycles. The molecule has 4 rings (SSSR count). The van der Waals surface area contributed by atoms with Crippen LogP contribution in [-0.2, 0) is 0 Å². The largest absolute Gasteiger partial charge is 1.00 e. The van der Waals surface area contributed by atoms with Gasteiger partial charge in [0, 0.05) is 27.6 Å². The first-order chi connectivity index (χ1) is 12.7. The molecule has 0 fully saturated rings. The summed E-state index contributed by atoms with van der Waals surface area (Å²) < 4.78 is 0. The second-order valence-electron chi connectivity index (χ2n) is 6.18. The minimum absolute atomic E-state index is 0. The van der Waals surface area contributed by atoms with Crippen molar-refractivity contribution in [1.29, 1.82) is 0 Å². The molecule has 2 aliphatic rings. The van der Waals surface area contributed by atoms with Crippen LogP contribution in [-0.4, -0.2) is 5.71 Å². The summed E-state index contributed by atoms with van der Waals surface area (Å²) in [7, 11) is 0. The molecular formula is C23H19ClN2S. The average Bonchev–Trinajstić information content (AvgIpc) is 2.69. The van der Waals surface area contributed by atoms with Crippen LogP contribution >= 0.6 is 11.8 Å². The maximum Gasteiger partial charge on any atom is 0.196 e. The Morgan fingerprint density at radius 2 is 1.41 bits per heavy atom. The van der Waals surface area contributed by atoms with Gasteiger partial charge in [0.25, 0.3) is 0 Å². The van der Waals surface area contributed by atoms with Gasteiger partial charge in [-0.2, -0.15) is 0 Å². The van der Waals surface area contributed by atoms with E-state index in [1.165, 1.54) is 32.1 Å². The molecule has 1 aliphatic carbocycles. The highest BCUT2D eigenvalue weighted by Gasteiger charge is 2.16. The predicted octanol–water partition coefficient (Wildman–Crippen LogP) is 1.02. The lowest BCUT2D eigenvalue weighted by molar-refractivity contribution is -0.110. The van der Waals surface area contributed by atoms with Crippen LogP contribution in [0.25, 0.3) is 10.5 Å². The Balaban J connectivity index is 0.00000210. The molecule has 0 saturated heterocycles. The van der Waals surface area contributed by atoms with E-state index in [1.807, 2.05) is 30.4 Å². The van der Waals surface area contributed by atoms with Crippen molar-refractivity contribution >= 4 is 33.6 Å². The fourth-order valence-corrected chi connectivity index (χ4v) is 3.99. The van der Waals surface area contributed by atoms with Gasteiger partial charge in [-0.1, -0.05) is 54.2 Å². The maximum atomic E-state index is 5.85. The highest BCUT2D eigenvalue weighted by molar-refractivity contribution is 8.12. The summed E-state index contributed by atoms with van der Waals surface area (Å²) in [5.41, 5.74) is 12.1. The highest BCUT2D eigenvalue weighted by atomic mass is 35.5. The number of anilines is 1. The predicted molar refractivity (Wildman–Crippen MR) is 113 cm³/mol. The van der Waals surface area contributed by atoms with Crippen molar-refractivity contribution < 1.29 is 17.8 Å². The highest BCUT2D eigenvalue weighted by Crippen LogP contribution is 2.43. The smallest absolute Gasteiger partial charge is 0.196 e. The Bertz CT molecular complexity index is 992. The van der Waals surface area contributed by atoms with Gasteiger partial charge in [0.15, 0.2) is 5.71 Å². The standard InChI is InChI=1S/C23H18N2S.ClH/c24-20-10-6-17(7-11-20)22-14-19(16-4-2-1-3-5-16)15-23(26-22)18-8-12-21(25)13-9-18;/h1-15,24H,25H2;1H. The SMILES string of the molecule is Nc1ccc(C2=CC(c3ccccc3)=CC(=C3C=CC(=[NH2+])C=C3)S2)cc1.[Cl-]. The summed E-state index contributed by atoms with van der Waals surface area (Å²) >= 11 is 1.77. The molecule has 2 aromatic rings. The Labute approximate surface area is 169 Å². The van der Waals surface area contributed by atoms with Crippen molar-refractivity contribution in [2.75, 3.05) is 5.73 Å². The van der Waals surface area contributed by atoms with Crippen LogP contribution < -0.4 is 23.5 Å². The van der Waals surface area contributed by atoms with E-state index in [0.717, 1.165) is 11.4 Å². The lowest BCUT2D eigenvalue weighted by atomic mass is 10.0. The van der Waals surface area contributed by atoms with E-state index in [1.54, 1.807) is 11.8 Å². The molecule has 4 N–H and O–H groups in total. The molecule has 0 unspecified atom stereocenters. The Kier molecular flexibility index (Phi) is 5.84. The molecule has 2 nitrogen and oxygen atoms in total. The maximum absolute atomic E-state index is 5.85. The van der Waals surface area contributed by atoms with Gasteiger partial charge >= 0.3 is 0 Å². The molecule has 27 heavy (non-hydrogen) atoms. The Hall–Kier alpha value is -2.75. The zero-order chi connectivity index (χ0) is 17.9. The molecule has 1 heterocycles. The molecule has 0 aromatic heterocycles. The zero-order valence-electron chi connectivity index (χ0n) is 14.6. The summed E-state index contributed by atoms with van der Waals surface area (Å²) in [4.78, 5) is 2.41. The van der Waals surface area contributed by atoms with Crippen molar-refractivity contribution in [1.82, 2.24) is 0 Å². The fourth-order valence-electron chi connectivity index (χ4n) is 2.88. The van der Waals surface area contributed by atoms with Gasteiger partial charge in [-0.05, 0) is 58.7 Å². The lowest BCUT2D eigenvalue weighted by Crippen LogP contribution is -3.00. The fraction of sp³-hybridized carbons (Fsp3) is 0. The molecule has 0 spiro atoms. The monoisotopic (exact) mass is 390 g/mol. The van der Waals surface area contributed by atoms with Gasteiger partial charge in [-0.15, -0.1) is 0 Å². The number of rotatable bonds is 2. The van der Waals surface area contributed by atoms with Crippen molar-refractivity contribution in [3.8, 4) is 0 Å². The lowest BCUT2D eigenvalue weighted by Gasteiger charge is -2.18. The van der Waals surface area contributed by atoms with Crippen molar-refractivity contribution in [2.45, 2.75) is 0 Å². The minimum atomic E-state index is 0. The van der Waals surface area contributed by atoms with E-state index in [9.17, 15) is 0 Å². The summed E-state index contributed by atoms with van der Waals surface area (Å²) in [6.07, 6.45) is 12.5. The average molecular weight is 391 g/mol. The Morgan fingerprint density at radius 3 is 2.07 bits per heavy atom. The van der Waals surface area contributed by atoms with Gasteiger partial charge in [-0.25, -0.2) is 0 Å². The van der Waals surface area contributed by atoms with E-state index < -0.39 is 0 Å². The number of allylic oxidation sites excluding steroid dienone is 8. The second kappa shape index (κ2) is 8.30. The number of thioether (sulfide) groups is 1. The first kappa shape index (κ1) is 19.0. The molecule has 0 amide bonds. The number of nitrogen functional groups attached to an aromatic ring is 1. The van der Waals surface area contributed by atoms with Crippen LogP contribution in [0.3, 0.4) is 0 Å². The third-order valence-corrected chi connectivity index (χ3v) is 5.44. The summed E-state index contributed by atoms with van der Waals surface area (Å²) in [5, 5.41) is 5.85. The van der Waals surface area contributed by atoms with E-state index in [0.29, 0.717) is 0 Å². The van der Waals surface area contributed by atoms with Crippen LogP contribution in [0.1, 0.15) is 11.1 Å². The van der Waals surface area contributed by atoms with E-state index in [2.05, 4.69) is 60.7 Å². The first-order valence-corrected chi connectivity index (χ1v) is 9.26. The van der Waals surface area contributed by atoms with Crippen LogP contribution in [0.4, 0.5) is 5.69 Å². The third kappa shape index (κ3) is 4.33. The van der Waals surface area contributed by atoms with Crippen LogP contribution in [0.5, 0.6) is 0 Å². The molecule has 0 bridgehead atoms. The topological polar surface area (TPSA) is 51.6 Å². The Morgan fingerprint density at radius 1 is 0.741 bits per heavy atom. The molecule has 134 valence electrons. The molecule has 0 atom stereocenters. The van der Waals surface area contributed by atoms with Crippen molar-refractivity contribution in [3.05, 3.63) is 113 Å². The van der Waals surface area contributed by atoms with Gasteiger partial charge in [-0.3, -0.25) is 5.41 Å². The number of halogens is 1. The minimum Gasteiger partial charge on any atom is -1.00 e. The summed E-state index contributed by atoms with van der Waals surface area (Å²) in [5.74, 6) is 0. The summed E-state index contributed by atoms with van der Waals surface area (Å²) in [6.45, 7) is 0. The van der Waals surface area contributed by atoms with Gasteiger partial charge in [0.05, 0.1) is 0 Å². The van der Waals surface area contributed by atoms with Crippen LogP contribution in [0, 0.1) is 0 Å². The number of hydrogen-bond acceptors (Lipinski definition) is 2. The number of hydrogen-bond donors (Lipinski definition) is 2. The summed E-state index contributed by atoms with van der Waals surface area (Å²) in [6, 6.07) is 18.5. The molecule has 0 radical (unpaired) electrons. The van der Waals surface area contributed by atoms with E-state index in [4.69, 9.17) is 11.1 Å². The van der Waals surface area contributed by atoms with Crippen LogP contribution in [0.2, 0.25) is 0 Å². The quantitative estimate of drug-likeness (QED) is 0.752. The van der Waals surface area contributed by atoms with Crippen molar-refractivity contribution in [2.24, 2.45) is 0 Å². The van der Waals surface area contributed by atoms with Crippen LogP contribution in [0.15, 0.2) is 102 Å². The molecular weight excluding hydrogens is 372 g/mol. The number of benzene rings is 2.